The van der Waals surface area contributed by atoms with Gasteiger partial charge in [0, 0.05) is 37.6 Å². The van der Waals surface area contributed by atoms with E-state index in [1.807, 2.05) is 4.90 Å². The van der Waals surface area contributed by atoms with Gasteiger partial charge in [0.25, 0.3) is 5.91 Å². The minimum Gasteiger partial charge on any atom is -0.481 e. The molecule has 1 aliphatic rings. The predicted octanol–water partition coefficient (Wildman–Crippen LogP) is 2.73. The van der Waals surface area contributed by atoms with Gasteiger partial charge in [-0.15, -0.1) is 11.3 Å². The zero-order valence-corrected chi connectivity index (χ0v) is 15.0. The minimum atomic E-state index is -0.531. The van der Waals surface area contributed by atoms with E-state index in [0.29, 0.717) is 11.3 Å². The molecule has 2 aromatic rings. The Balaban J connectivity index is 1.48. The van der Waals surface area contributed by atoms with Crippen molar-refractivity contribution < 1.29 is 9.53 Å². The number of piperazine rings is 1. The van der Waals surface area contributed by atoms with Crippen molar-refractivity contribution in [2.24, 2.45) is 0 Å². The van der Waals surface area contributed by atoms with Crippen LogP contribution in [0.5, 0.6) is 5.75 Å². The van der Waals surface area contributed by atoms with E-state index >= 15 is 0 Å². The number of rotatable bonds is 5. The van der Waals surface area contributed by atoms with Crippen molar-refractivity contribution in [1.82, 2.24) is 9.80 Å². The molecule has 1 aromatic heterocycles. The lowest BCUT2D eigenvalue weighted by atomic mass is 10.2. The number of benzene rings is 1. The van der Waals surface area contributed by atoms with Crippen LogP contribution in [0.15, 0.2) is 41.8 Å². The maximum atomic E-state index is 12.6. The average Bonchev–Trinajstić information content (AvgIpc) is 3.15. The van der Waals surface area contributed by atoms with Crippen LogP contribution in [-0.4, -0.2) is 48.0 Å². The van der Waals surface area contributed by atoms with Crippen molar-refractivity contribution >= 4 is 17.2 Å². The molecular formula is C19H21N3O2S. The molecule has 0 N–H and O–H groups in total. The van der Waals surface area contributed by atoms with Gasteiger partial charge in [-0.25, -0.2) is 0 Å². The topological polar surface area (TPSA) is 56.6 Å². The third kappa shape index (κ3) is 4.59. The summed E-state index contributed by atoms with van der Waals surface area (Å²) in [6, 6.07) is 13.1. The fraction of sp³-hybridized carbons (Fsp3) is 0.368. The SMILES string of the molecule is CC(Oc1ccc(C#N)cc1)C(=O)N1CCN(Cc2cccs2)CC1. The molecule has 1 atom stereocenters. The molecule has 0 bridgehead atoms. The fourth-order valence-electron chi connectivity index (χ4n) is 2.87. The Kier molecular flexibility index (Phi) is 5.69. The quantitative estimate of drug-likeness (QED) is 0.827. The molecule has 0 radical (unpaired) electrons. The summed E-state index contributed by atoms with van der Waals surface area (Å²) in [7, 11) is 0. The lowest BCUT2D eigenvalue weighted by Gasteiger charge is -2.35. The van der Waals surface area contributed by atoms with Crippen LogP contribution in [0.1, 0.15) is 17.4 Å². The highest BCUT2D eigenvalue weighted by atomic mass is 32.1. The number of carbonyl (C=O) groups excluding carboxylic acids is 1. The van der Waals surface area contributed by atoms with Gasteiger partial charge in [-0.2, -0.15) is 5.26 Å². The van der Waals surface area contributed by atoms with Crippen molar-refractivity contribution in [1.29, 1.82) is 5.26 Å². The first kappa shape index (κ1) is 17.5. The molecule has 0 aliphatic carbocycles. The highest BCUT2D eigenvalue weighted by Crippen LogP contribution is 2.16. The van der Waals surface area contributed by atoms with E-state index in [1.165, 1.54) is 4.88 Å². The van der Waals surface area contributed by atoms with E-state index in [9.17, 15) is 4.79 Å². The van der Waals surface area contributed by atoms with Crippen LogP contribution in [0.4, 0.5) is 0 Å². The Morgan fingerprint density at radius 1 is 1.24 bits per heavy atom. The van der Waals surface area contributed by atoms with Crippen LogP contribution in [-0.2, 0) is 11.3 Å². The van der Waals surface area contributed by atoms with Crippen molar-refractivity contribution in [3.05, 3.63) is 52.2 Å². The lowest BCUT2D eigenvalue weighted by Crippen LogP contribution is -2.51. The van der Waals surface area contributed by atoms with E-state index in [2.05, 4.69) is 28.5 Å². The van der Waals surface area contributed by atoms with Crippen molar-refractivity contribution in [2.75, 3.05) is 26.2 Å². The smallest absolute Gasteiger partial charge is 0.263 e. The van der Waals surface area contributed by atoms with E-state index in [1.54, 1.807) is 42.5 Å². The maximum absolute atomic E-state index is 12.6. The van der Waals surface area contributed by atoms with Crippen molar-refractivity contribution in [3.8, 4) is 11.8 Å². The molecule has 0 saturated carbocycles. The second kappa shape index (κ2) is 8.15. The molecule has 3 rings (SSSR count). The summed E-state index contributed by atoms with van der Waals surface area (Å²) in [6.45, 7) is 5.95. The molecule has 130 valence electrons. The molecule has 1 amide bonds. The summed E-state index contributed by atoms with van der Waals surface area (Å²) in [5.74, 6) is 0.622. The Hall–Kier alpha value is -2.36. The van der Waals surface area contributed by atoms with Gasteiger partial charge < -0.3 is 9.64 Å². The molecule has 1 saturated heterocycles. The maximum Gasteiger partial charge on any atom is 0.263 e. The van der Waals surface area contributed by atoms with E-state index in [4.69, 9.17) is 10.00 Å². The van der Waals surface area contributed by atoms with Crippen LogP contribution in [0.25, 0.3) is 0 Å². The van der Waals surface area contributed by atoms with Crippen molar-refractivity contribution in [2.45, 2.75) is 19.6 Å². The molecular weight excluding hydrogens is 334 g/mol. The summed E-state index contributed by atoms with van der Waals surface area (Å²) >= 11 is 1.77. The second-order valence-electron chi connectivity index (χ2n) is 6.08. The van der Waals surface area contributed by atoms with Gasteiger partial charge in [0.15, 0.2) is 6.10 Å². The second-order valence-corrected chi connectivity index (χ2v) is 7.11. The first-order valence-corrected chi connectivity index (χ1v) is 9.24. The van der Waals surface area contributed by atoms with Gasteiger partial charge in [-0.3, -0.25) is 9.69 Å². The van der Waals surface area contributed by atoms with Gasteiger partial charge in [0.05, 0.1) is 11.6 Å². The number of amides is 1. The summed E-state index contributed by atoms with van der Waals surface area (Å²) < 4.78 is 5.73. The third-order valence-corrected chi connectivity index (χ3v) is 5.15. The molecule has 1 aromatic carbocycles. The summed E-state index contributed by atoms with van der Waals surface area (Å²) in [6.07, 6.45) is -0.531. The third-order valence-electron chi connectivity index (χ3n) is 4.29. The van der Waals surface area contributed by atoms with Gasteiger partial charge in [-0.05, 0) is 42.6 Å². The van der Waals surface area contributed by atoms with Crippen LogP contribution in [0.2, 0.25) is 0 Å². The van der Waals surface area contributed by atoms with Gasteiger partial charge in [-0.1, -0.05) is 6.07 Å². The summed E-state index contributed by atoms with van der Waals surface area (Å²) in [5.41, 5.74) is 0.577. The average molecular weight is 355 g/mol. The minimum absolute atomic E-state index is 0.0140. The zero-order valence-electron chi connectivity index (χ0n) is 14.2. The van der Waals surface area contributed by atoms with Gasteiger partial charge in [0.1, 0.15) is 5.75 Å². The predicted molar refractivity (Wildman–Crippen MR) is 97.4 cm³/mol. The van der Waals surface area contributed by atoms with Crippen LogP contribution in [0.3, 0.4) is 0 Å². The van der Waals surface area contributed by atoms with Gasteiger partial charge >= 0.3 is 0 Å². The first-order chi connectivity index (χ1) is 12.2. The van der Waals surface area contributed by atoms with Gasteiger partial charge in [0.2, 0.25) is 0 Å². The monoisotopic (exact) mass is 355 g/mol. The molecule has 6 heteroatoms. The number of thiophene rings is 1. The number of ether oxygens (including phenoxy) is 1. The largest absolute Gasteiger partial charge is 0.481 e. The summed E-state index contributed by atoms with van der Waals surface area (Å²) in [5, 5.41) is 10.9. The van der Waals surface area contributed by atoms with Crippen LogP contribution in [0, 0.1) is 11.3 Å². The van der Waals surface area contributed by atoms with E-state index in [-0.39, 0.29) is 5.91 Å². The molecule has 1 unspecified atom stereocenters. The van der Waals surface area contributed by atoms with Crippen LogP contribution < -0.4 is 4.74 Å². The van der Waals surface area contributed by atoms with E-state index < -0.39 is 6.10 Å². The Morgan fingerprint density at radius 2 is 1.96 bits per heavy atom. The van der Waals surface area contributed by atoms with Crippen molar-refractivity contribution in [3.63, 3.8) is 0 Å². The molecule has 25 heavy (non-hydrogen) atoms. The number of hydrogen-bond donors (Lipinski definition) is 0. The number of nitriles is 1. The Labute approximate surface area is 152 Å². The normalized spacial score (nSPS) is 16.2. The first-order valence-electron chi connectivity index (χ1n) is 8.36. The standard InChI is InChI=1S/C19H21N3O2S/c1-15(24-17-6-4-16(13-20)5-7-17)19(23)22-10-8-21(9-11-22)14-18-3-2-12-25-18/h2-7,12,15H,8-11,14H2,1H3. The molecule has 5 nitrogen and oxygen atoms in total. The zero-order chi connectivity index (χ0) is 17.6. The molecule has 0 spiro atoms. The van der Waals surface area contributed by atoms with Crippen LogP contribution >= 0.6 is 11.3 Å². The molecule has 1 fully saturated rings. The fourth-order valence-corrected chi connectivity index (χ4v) is 3.62. The Morgan fingerprint density at radius 3 is 2.56 bits per heavy atom. The Bertz CT molecular complexity index is 729. The molecule has 1 aliphatic heterocycles. The lowest BCUT2D eigenvalue weighted by molar-refractivity contribution is -0.139. The molecule has 2 heterocycles. The highest BCUT2D eigenvalue weighted by molar-refractivity contribution is 7.09. The number of carbonyl (C=O) groups is 1. The highest BCUT2D eigenvalue weighted by Gasteiger charge is 2.26. The number of nitrogens with zero attached hydrogens (tertiary/aromatic N) is 3. The summed E-state index contributed by atoms with van der Waals surface area (Å²) in [4.78, 5) is 18.2. The van der Waals surface area contributed by atoms with E-state index in [0.717, 1.165) is 32.7 Å². The number of hydrogen-bond acceptors (Lipinski definition) is 5.